The number of aliphatic hydroxyl groups is 1. The minimum Gasteiger partial charge on any atom is -0.393 e. The number of hydrogen-bond acceptors (Lipinski definition) is 2. The van der Waals surface area contributed by atoms with E-state index < -0.39 is 0 Å². The summed E-state index contributed by atoms with van der Waals surface area (Å²) in [4.78, 5) is 2.44. The van der Waals surface area contributed by atoms with E-state index in [9.17, 15) is 5.11 Å². The van der Waals surface area contributed by atoms with Gasteiger partial charge in [-0.15, -0.1) is 6.58 Å². The second-order valence-corrected chi connectivity index (χ2v) is 4.80. The van der Waals surface area contributed by atoms with E-state index in [-0.39, 0.29) is 11.6 Å². The first kappa shape index (κ1) is 11.7. The summed E-state index contributed by atoms with van der Waals surface area (Å²) >= 11 is 0. The van der Waals surface area contributed by atoms with Crippen molar-refractivity contribution in [3.8, 4) is 0 Å². The van der Waals surface area contributed by atoms with Gasteiger partial charge in [0.25, 0.3) is 0 Å². The Morgan fingerprint density at radius 3 is 2.29 bits per heavy atom. The molecule has 0 radical (unpaired) electrons. The Morgan fingerprint density at radius 1 is 1.43 bits per heavy atom. The van der Waals surface area contributed by atoms with Gasteiger partial charge in [0, 0.05) is 18.6 Å². The lowest BCUT2D eigenvalue weighted by molar-refractivity contribution is 0.0241. The van der Waals surface area contributed by atoms with Gasteiger partial charge in [-0.2, -0.15) is 0 Å². The quantitative estimate of drug-likeness (QED) is 0.700. The average Bonchev–Trinajstić information content (AvgIpc) is 2.17. The van der Waals surface area contributed by atoms with E-state index in [1.54, 1.807) is 0 Å². The summed E-state index contributed by atoms with van der Waals surface area (Å²) in [5, 5.41) is 9.45. The van der Waals surface area contributed by atoms with E-state index in [0.29, 0.717) is 5.92 Å². The molecular weight excluding hydrogens is 174 g/mol. The molecule has 2 nitrogen and oxygen atoms in total. The van der Waals surface area contributed by atoms with Crippen molar-refractivity contribution in [1.29, 1.82) is 0 Å². The number of hydrogen-bond donors (Lipinski definition) is 1. The Hall–Kier alpha value is -0.340. The average molecular weight is 197 g/mol. The Kier molecular flexibility index (Phi) is 3.73. The molecule has 0 spiro atoms. The molecule has 0 saturated carbocycles. The summed E-state index contributed by atoms with van der Waals surface area (Å²) in [6.07, 6.45) is 3.76. The predicted molar refractivity (Wildman–Crippen MR) is 60.3 cm³/mol. The van der Waals surface area contributed by atoms with Gasteiger partial charge in [-0.3, -0.25) is 4.90 Å². The minimum atomic E-state index is -0.0903. The van der Waals surface area contributed by atoms with Crippen molar-refractivity contribution in [1.82, 2.24) is 4.90 Å². The van der Waals surface area contributed by atoms with Crippen LogP contribution in [0.1, 0.15) is 33.6 Å². The molecule has 1 rings (SSSR count). The first-order valence-corrected chi connectivity index (χ1v) is 5.57. The molecule has 1 aliphatic rings. The van der Waals surface area contributed by atoms with Crippen molar-refractivity contribution < 1.29 is 5.11 Å². The molecule has 1 heterocycles. The van der Waals surface area contributed by atoms with Crippen LogP contribution in [0.4, 0.5) is 0 Å². The molecule has 0 aliphatic carbocycles. The highest BCUT2D eigenvalue weighted by Crippen LogP contribution is 2.28. The van der Waals surface area contributed by atoms with E-state index in [0.717, 1.165) is 25.9 Å². The lowest BCUT2D eigenvalue weighted by Gasteiger charge is -2.45. The van der Waals surface area contributed by atoms with Crippen LogP contribution in [0, 0.1) is 5.92 Å². The number of nitrogens with zero attached hydrogens (tertiary/aromatic N) is 1. The number of piperidine rings is 1. The van der Waals surface area contributed by atoms with Crippen molar-refractivity contribution in [2.24, 2.45) is 5.92 Å². The highest BCUT2D eigenvalue weighted by molar-refractivity contribution is 5.04. The first-order valence-electron chi connectivity index (χ1n) is 5.57. The van der Waals surface area contributed by atoms with Gasteiger partial charge in [0.05, 0.1) is 6.10 Å². The van der Waals surface area contributed by atoms with Crippen molar-refractivity contribution >= 4 is 0 Å². The highest BCUT2D eigenvalue weighted by Gasteiger charge is 2.34. The molecule has 14 heavy (non-hydrogen) atoms. The second-order valence-electron chi connectivity index (χ2n) is 4.80. The van der Waals surface area contributed by atoms with E-state index in [4.69, 9.17) is 0 Å². The fourth-order valence-electron chi connectivity index (χ4n) is 2.08. The molecule has 1 fully saturated rings. The molecule has 0 unspecified atom stereocenters. The smallest absolute Gasteiger partial charge is 0.0564 e. The lowest BCUT2D eigenvalue weighted by atomic mass is 9.85. The molecule has 2 heteroatoms. The van der Waals surface area contributed by atoms with Crippen LogP contribution in [0.25, 0.3) is 0 Å². The normalized spacial score (nSPS) is 24.9. The van der Waals surface area contributed by atoms with Crippen molar-refractivity contribution in [3.05, 3.63) is 12.7 Å². The number of aliphatic hydroxyl groups excluding tert-OH is 1. The SMILES string of the molecule is C=C[C@@](C)(C(C)C)N1CCC(O)CC1. The molecule has 0 aromatic carbocycles. The van der Waals surface area contributed by atoms with Crippen LogP contribution >= 0.6 is 0 Å². The van der Waals surface area contributed by atoms with Gasteiger partial charge in [0.15, 0.2) is 0 Å². The first-order chi connectivity index (χ1) is 6.50. The Morgan fingerprint density at radius 2 is 1.93 bits per heavy atom. The van der Waals surface area contributed by atoms with E-state index in [1.165, 1.54) is 0 Å². The zero-order chi connectivity index (χ0) is 10.8. The topological polar surface area (TPSA) is 23.5 Å². The maximum absolute atomic E-state index is 9.45. The molecule has 0 bridgehead atoms. The molecule has 0 amide bonds. The molecule has 0 aromatic heterocycles. The third-order valence-electron chi connectivity index (χ3n) is 3.73. The van der Waals surface area contributed by atoms with Crippen molar-refractivity contribution in [3.63, 3.8) is 0 Å². The van der Waals surface area contributed by atoms with Gasteiger partial charge in [-0.1, -0.05) is 19.9 Å². The second kappa shape index (κ2) is 4.45. The van der Waals surface area contributed by atoms with Gasteiger partial charge < -0.3 is 5.11 Å². The Bertz CT molecular complexity index is 194. The van der Waals surface area contributed by atoms with Crippen LogP contribution in [-0.4, -0.2) is 34.7 Å². The molecule has 1 N–H and O–H groups in total. The third kappa shape index (κ3) is 2.18. The van der Waals surface area contributed by atoms with Crippen LogP contribution in [0.15, 0.2) is 12.7 Å². The van der Waals surface area contributed by atoms with Gasteiger partial charge in [-0.05, 0) is 25.7 Å². The highest BCUT2D eigenvalue weighted by atomic mass is 16.3. The predicted octanol–water partition coefficient (Wildman–Crippen LogP) is 2.04. The summed E-state index contributed by atoms with van der Waals surface area (Å²) < 4.78 is 0. The van der Waals surface area contributed by atoms with Crippen LogP contribution < -0.4 is 0 Å². The number of rotatable bonds is 3. The van der Waals surface area contributed by atoms with E-state index in [2.05, 4.69) is 38.3 Å². The molecule has 1 atom stereocenters. The van der Waals surface area contributed by atoms with Crippen LogP contribution in [0.3, 0.4) is 0 Å². The monoisotopic (exact) mass is 197 g/mol. The van der Waals surface area contributed by atoms with Crippen LogP contribution in [-0.2, 0) is 0 Å². The van der Waals surface area contributed by atoms with Gasteiger partial charge >= 0.3 is 0 Å². The van der Waals surface area contributed by atoms with E-state index >= 15 is 0 Å². The Balaban J connectivity index is 2.66. The zero-order valence-electron chi connectivity index (χ0n) is 9.66. The van der Waals surface area contributed by atoms with Gasteiger partial charge in [0.2, 0.25) is 0 Å². The molecule has 0 aromatic rings. The summed E-state index contributed by atoms with van der Waals surface area (Å²) in [6.45, 7) is 12.6. The van der Waals surface area contributed by atoms with Crippen LogP contribution in [0.5, 0.6) is 0 Å². The zero-order valence-corrected chi connectivity index (χ0v) is 9.66. The van der Waals surface area contributed by atoms with Crippen LogP contribution in [0.2, 0.25) is 0 Å². The minimum absolute atomic E-state index is 0.0835. The standard InChI is InChI=1S/C12H23NO/c1-5-12(4,10(2)3)13-8-6-11(14)7-9-13/h5,10-11,14H,1,6-9H2,2-4H3/t12-/m0/s1. The van der Waals surface area contributed by atoms with Crippen molar-refractivity contribution in [2.75, 3.05) is 13.1 Å². The molecular formula is C12H23NO. The maximum Gasteiger partial charge on any atom is 0.0564 e. The molecule has 82 valence electrons. The fraction of sp³-hybridized carbons (Fsp3) is 0.833. The van der Waals surface area contributed by atoms with Gasteiger partial charge in [-0.25, -0.2) is 0 Å². The largest absolute Gasteiger partial charge is 0.393 e. The summed E-state index contributed by atoms with van der Waals surface area (Å²) in [6, 6.07) is 0. The third-order valence-corrected chi connectivity index (χ3v) is 3.73. The van der Waals surface area contributed by atoms with Crippen molar-refractivity contribution in [2.45, 2.75) is 45.3 Å². The molecule has 1 saturated heterocycles. The maximum atomic E-state index is 9.45. The number of likely N-dealkylation sites (tertiary alicyclic amines) is 1. The van der Waals surface area contributed by atoms with Gasteiger partial charge in [0.1, 0.15) is 0 Å². The van der Waals surface area contributed by atoms with E-state index in [1.807, 2.05) is 0 Å². The Labute approximate surface area is 87.6 Å². The summed E-state index contributed by atoms with van der Waals surface area (Å²) in [5.74, 6) is 0.565. The fourth-order valence-corrected chi connectivity index (χ4v) is 2.08. The summed E-state index contributed by atoms with van der Waals surface area (Å²) in [5.41, 5.74) is 0.0835. The lowest BCUT2D eigenvalue weighted by Crippen LogP contribution is -2.52. The summed E-state index contributed by atoms with van der Waals surface area (Å²) in [7, 11) is 0. The molecule has 1 aliphatic heterocycles.